The van der Waals surface area contributed by atoms with Crippen molar-refractivity contribution < 1.29 is 9.84 Å². The minimum absolute atomic E-state index is 0.298. The van der Waals surface area contributed by atoms with Crippen LogP contribution in [0.4, 0.5) is 11.9 Å². The largest absolute Gasteiger partial charge is 0.463 e. The van der Waals surface area contributed by atoms with Gasteiger partial charge in [-0.15, -0.1) is 0 Å². The van der Waals surface area contributed by atoms with Gasteiger partial charge in [-0.1, -0.05) is 20.8 Å². The number of nitrogens with zero attached hydrogens (tertiary/aromatic N) is 3. The van der Waals surface area contributed by atoms with E-state index in [0.29, 0.717) is 37.5 Å². The van der Waals surface area contributed by atoms with Gasteiger partial charge in [0, 0.05) is 13.1 Å². The Bertz CT molecular complexity index is 377. The second-order valence-electron chi connectivity index (χ2n) is 4.82. The van der Waals surface area contributed by atoms with Gasteiger partial charge in [0.15, 0.2) is 0 Å². The second kappa shape index (κ2) is 10.1. The Kier molecular flexibility index (Phi) is 8.42. The highest BCUT2D eigenvalue weighted by atomic mass is 16.5. The Morgan fingerprint density at radius 2 is 1.67 bits per heavy atom. The number of ether oxygens (including phenoxy) is 1. The molecule has 21 heavy (non-hydrogen) atoms. The van der Waals surface area contributed by atoms with Crippen LogP contribution in [0.15, 0.2) is 0 Å². The predicted molar refractivity (Wildman–Crippen MR) is 83.8 cm³/mol. The number of nitrogens with one attached hydrogen (secondary N) is 2. The zero-order valence-corrected chi connectivity index (χ0v) is 13.2. The summed E-state index contributed by atoms with van der Waals surface area (Å²) >= 11 is 0. The summed E-state index contributed by atoms with van der Waals surface area (Å²) in [4.78, 5) is 12.7. The van der Waals surface area contributed by atoms with Crippen LogP contribution < -0.4 is 15.4 Å². The maximum Gasteiger partial charge on any atom is 0.323 e. The van der Waals surface area contributed by atoms with Gasteiger partial charge in [-0.25, -0.2) is 0 Å². The summed E-state index contributed by atoms with van der Waals surface area (Å²) in [5.41, 5.74) is 0. The molecule has 1 rings (SSSR count). The maximum atomic E-state index is 9.55. The molecule has 7 nitrogen and oxygen atoms in total. The van der Waals surface area contributed by atoms with Crippen LogP contribution in [0.2, 0.25) is 0 Å². The van der Waals surface area contributed by atoms with Crippen molar-refractivity contribution in [3.63, 3.8) is 0 Å². The summed E-state index contributed by atoms with van der Waals surface area (Å²) in [5.74, 6) is 0.981. The van der Waals surface area contributed by atoms with Crippen molar-refractivity contribution in [1.29, 1.82) is 0 Å². The van der Waals surface area contributed by atoms with Gasteiger partial charge in [-0.3, -0.25) is 0 Å². The first-order chi connectivity index (χ1) is 10.2. The lowest BCUT2D eigenvalue weighted by Crippen LogP contribution is -2.15. The van der Waals surface area contributed by atoms with Gasteiger partial charge in [-0.05, 0) is 25.7 Å². The van der Waals surface area contributed by atoms with Gasteiger partial charge in [0.2, 0.25) is 11.9 Å². The van der Waals surface area contributed by atoms with E-state index in [4.69, 9.17) is 4.74 Å². The maximum absolute atomic E-state index is 9.55. The fourth-order valence-electron chi connectivity index (χ4n) is 1.56. The standard InChI is InChI=1S/C14H27N5O2/c1-4-8-15-12-17-13(16-9-7-11(20)6-3)19-14(18-12)21-10-5-2/h11,20H,4-10H2,1-3H3,(H2,15,16,17,18,19). The number of aromatic nitrogens is 3. The van der Waals surface area contributed by atoms with E-state index >= 15 is 0 Å². The Morgan fingerprint density at radius 1 is 1.00 bits per heavy atom. The fourth-order valence-corrected chi connectivity index (χ4v) is 1.56. The Balaban J connectivity index is 2.65. The van der Waals surface area contributed by atoms with Gasteiger partial charge < -0.3 is 20.5 Å². The molecule has 0 amide bonds. The van der Waals surface area contributed by atoms with E-state index < -0.39 is 0 Å². The number of rotatable bonds is 11. The predicted octanol–water partition coefficient (Wildman–Crippen LogP) is 2.06. The van der Waals surface area contributed by atoms with Crippen LogP contribution in [-0.2, 0) is 0 Å². The first-order valence-corrected chi connectivity index (χ1v) is 7.74. The number of aliphatic hydroxyl groups is 1. The summed E-state index contributed by atoms with van der Waals surface area (Å²) in [6.45, 7) is 8.05. The first-order valence-electron chi connectivity index (χ1n) is 7.74. The normalized spacial score (nSPS) is 12.0. The molecule has 0 saturated carbocycles. The molecular weight excluding hydrogens is 270 g/mol. The molecule has 1 atom stereocenters. The third-order valence-corrected chi connectivity index (χ3v) is 2.82. The van der Waals surface area contributed by atoms with E-state index in [9.17, 15) is 5.11 Å². The summed E-state index contributed by atoms with van der Waals surface area (Å²) in [6, 6.07) is 0.323. The lowest BCUT2D eigenvalue weighted by molar-refractivity contribution is 0.164. The molecule has 0 saturated heterocycles. The molecule has 0 aliphatic heterocycles. The molecule has 1 heterocycles. The Morgan fingerprint density at radius 3 is 2.24 bits per heavy atom. The van der Waals surface area contributed by atoms with E-state index in [0.717, 1.165) is 25.8 Å². The fraction of sp³-hybridized carbons (Fsp3) is 0.786. The van der Waals surface area contributed by atoms with Crippen LogP contribution in [0.25, 0.3) is 0 Å². The zero-order chi connectivity index (χ0) is 15.5. The number of hydrogen-bond donors (Lipinski definition) is 3. The molecule has 0 aliphatic carbocycles. The molecule has 1 unspecified atom stereocenters. The average Bonchev–Trinajstić information content (AvgIpc) is 2.50. The SMILES string of the molecule is CCCNc1nc(NCCC(O)CC)nc(OCCC)n1. The average molecular weight is 297 g/mol. The van der Waals surface area contributed by atoms with Crippen molar-refractivity contribution in [3.05, 3.63) is 0 Å². The highest BCUT2D eigenvalue weighted by molar-refractivity contribution is 5.35. The van der Waals surface area contributed by atoms with E-state index in [2.05, 4.69) is 32.5 Å². The molecule has 0 radical (unpaired) electrons. The molecular formula is C14H27N5O2. The Hall–Kier alpha value is -1.63. The van der Waals surface area contributed by atoms with Crippen molar-refractivity contribution in [2.75, 3.05) is 30.3 Å². The second-order valence-corrected chi connectivity index (χ2v) is 4.82. The van der Waals surface area contributed by atoms with Crippen molar-refractivity contribution in [1.82, 2.24) is 15.0 Å². The number of hydrogen-bond acceptors (Lipinski definition) is 7. The van der Waals surface area contributed by atoms with Gasteiger partial charge in [-0.2, -0.15) is 15.0 Å². The van der Waals surface area contributed by atoms with Gasteiger partial charge >= 0.3 is 6.01 Å². The monoisotopic (exact) mass is 297 g/mol. The van der Waals surface area contributed by atoms with Crippen LogP contribution in [0.3, 0.4) is 0 Å². The van der Waals surface area contributed by atoms with E-state index in [1.54, 1.807) is 0 Å². The van der Waals surface area contributed by atoms with E-state index in [1.165, 1.54) is 0 Å². The third kappa shape index (κ3) is 7.08. The van der Waals surface area contributed by atoms with Crippen LogP contribution >= 0.6 is 0 Å². The van der Waals surface area contributed by atoms with Crippen molar-refractivity contribution in [2.24, 2.45) is 0 Å². The van der Waals surface area contributed by atoms with Gasteiger partial charge in [0.25, 0.3) is 0 Å². The first kappa shape index (κ1) is 17.4. The van der Waals surface area contributed by atoms with Crippen LogP contribution in [0, 0.1) is 0 Å². The van der Waals surface area contributed by atoms with Crippen LogP contribution in [-0.4, -0.2) is 45.9 Å². The summed E-state index contributed by atoms with van der Waals surface area (Å²) in [7, 11) is 0. The molecule has 0 aliphatic rings. The minimum atomic E-state index is -0.298. The molecule has 1 aromatic rings. The molecule has 0 bridgehead atoms. The molecule has 120 valence electrons. The molecule has 0 aromatic carbocycles. The number of aliphatic hydroxyl groups excluding tert-OH is 1. The lowest BCUT2D eigenvalue weighted by Gasteiger charge is -2.11. The highest BCUT2D eigenvalue weighted by Gasteiger charge is 2.08. The molecule has 3 N–H and O–H groups in total. The summed E-state index contributed by atoms with van der Waals surface area (Å²) < 4.78 is 5.47. The van der Waals surface area contributed by atoms with E-state index in [-0.39, 0.29) is 6.10 Å². The van der Waals surface area contributed by atoms with Gasteiger partial charge in [0.1, 0.15) is 0 Å². The molecule has 1 aromatic heterocycles. The smallest absolute Gasteiger partial charge is 0.323 e. The summed E-state index contributed by atoms with van der Waals surface area (Å²) in [5, 5.41) is 15.8. The highest BCUT2D eigenvalue weighted by Crippen LogP contribution is 2.12. The van der Waals surface area contributed by atoms with Crippen LogP contribution in [0.5, 0.6) is 6.01 Å². The van der Waals surface area contributed by atoms with Crippen molar-refractivity contribution in [3.8, 4) is 6.01 Å². The number of anilines is 2. The third-order valence-electron chi connectivity index (χ3n) is 2.82. The minimum Gasteiger partial charge on any atom is -0.463 e. The molecule has 0 spiro atoms. The Labute approximate surface area is 126 Å². The van der Waals surface area contributed by atoms with Crippen molar-refractivity contribution >= 4 is 11.9 Å². The molecule has 7 heteroatoms. The quantitative estimate of drug-likeness (QED) is 0.575. The van der Waals surface area contributed by atoms with Gasteiger partial charge in [0.05, 0.1) is 12.7 Å². The topological polar surface area (TPSA) is 92.2 Å². The van der Waals surface area contributed by atoms with Crippen LogP contribution in [0.1, 0.15) is 46.5 Å². The van der Waals surface area contributed by atoms with E-state index in [1.807, 2.05) is 13.8 Å². The lowest BCUT2D eigenvalue weighted by atomic mass is 10.2. The van der Waals surface area contributed by atoms with Crippen molar-refractivity contribution in [2.45, 2.75) is 52.6 Å². The summed E-state index contributed by atoms with van der Waals surface area (Å²) in [6.07, 6.45) is 2.99. The zero-order valence-electron chi connectivity index (χ0n) is 13.2. The molecule has 0 fully saturated rings.